The number of rotatable bonds is 3. The zero-order chi connectivity index (χ0) is 21.5. The molecule has 2 aliphatic heterocycles. The largest absolute Gasteiger partial charge is 0.338 e. The molecule has 2 aromatic carbocycles. The van der Waals surface area contributed by atoms with E-state index in [2.05, 4.69) is 5.32 Å². The summed E-state index contributed by atoms with van der Waals surface area (Å²) in [5.74, 6) is -0.276. The number of likely N-dealkylation sites (tertiary alicyclic amines) is 1. The van der Waals surface area contributed by atoms with Gasteiger partial charge in [-0.1, -0.05) is 47.5 Å². The molecule has 2 aromatic rings. The molecule has 0 aliphatic carbocycles. The maximum absolute atomic E-state index is 13.1. The lowest BCUT2D eigenvalue weighted by Gasteiger charge is -2.37. The molecule has 1 spiro atoms. The number of aryl methyl sites for hydroxylation is 2. The first-order chi connectivity index (χ1) is 14.3. The average molecular weight is 426 g/mol. The third-order valence-electron chi connectivity index (χ3n) is 6.06. The van der Waals surface area contributed by atoms with Crippen molar-refractivity contribution in [1.29, 1.82) is 0 Å². The summed E-state index contributed by atoms with van der Waals surface area (Å²) in [6, 6.07) is 12.6. The predicted molar refractivity (Wildman–Crippen MR) is 114 cm³/mol. The third kappa shape index (κ3) is 3.56. The van der Waals surface area contributed by atoms with Crippen LogP contribution in [0.3, 0.4) is 0 Å². The minimum atomic E-state index is -0.948. The second-order valence-corrected chi connectivity index (χ2v) is 8.51. The van der Waals surface area contributed by atoms with E-state index in [0.29, 0.717) is 36.5 Å². The van der Waals surface area contributed by atoms with E-state index in [9.17, 15) is 14.4 Å². The van der Waals surface area contributed by atoms with Crippen LogP contribution < -0.4 is 5.32 Å². The maximum atomic E-state index is 13.1. The molecule has 2 heterocycles. The van der Waals surface area contributed by atoms with Crippen LogP contribution in [-0.4, -0.2) is 46.3 Å². The van der Waals surface area contributed by atoms with Gasteiger partial charge in [0.05, 0.1) is 6.54 Å². The number of nitrogens with zero attached hydrogens (tertiary/aromatic N) is 2. The van der Waals surface area contributed by atoms with Gasteiger partial charge in [0.15, 0.2) is 0 Å². The molecule has 0 saturated carbocycles. The quantitative estimate of drug-likeness (QED) is 0.762. The molecule has 4 rings (SSSR count). The molecule has 0 bridgehead atoms. The van der Waals surface area contributed by atoms with Crippen LogP contribution >= 0.6 is 11.6 Å². The summed E-state index contributed by atoms with van der Waals surface area (Å²) in [5, 5.41) is 3.41. The number of amides is 4. The topological polar surface area (TPSA) is 69.7 Å². The highest BCUT2D eigenvalue weighted by Crippen LogP contribution is 2.32. The van der Waals surface area contributed by atoms with Gasteiger partial charge in [-0.15, -0.1) is 0 Å². The highest BCUT2D eigenvalue weighted by Gasteiger charge is 2.52. The number of carbonyl (C=O) groups is 3. The predicted octanol–water partition coefficient (Wildman–Crippen LogP) is 3.68. The molecule has 30 heavy (non-hydrogen) atoms. The number of halogens is 1. The van der Waals surface area contributed by atoms with Crippen LogP contribution in [0.1, 0.15) is 39.9 Å². The molecule has 1 N–H and O–H groups in total. The summed E-state index contributed by atoms with van der Waals surface area (Å²) in [7, 11) is 0. The van der Waals surface area contributed by atoms with Gasteiger partial charge in [0.25, 0.3) is 11.8 Å². The highest BCUT2D eigenvalue weighted by atomic mass is 35.5. The van der Waals surface area contributed by atoms with E-state index in [4.69, 9.17) is 11.6 Å². The van der Waals surface area contributed by atoms with Crippen molar-refractivity contribution in [3.63, 3.8) is 0 Å². The van der Waals surface area contributed by atoms with Crippen LogP contribution in [0.4, 0.5) is 4.79 Å². The normalized spacial score (nSPS) is 18.1. The molecule has 0 atom stereocenters. The first kappa shape index (κ1) is 20.4. The van der Waals surface area contributed by atoms with E-state index >= 15 is 0 Å². The van der Waals surface area contributed by atoms with Crippen molar-refractivity contribution in [1.82, 2.24) is 15.1 Å². The minimum Gasteiger partial charge on any atom is -0.338 e. The number of nitrogens with one attached hydrogen (secondary N) is 1. The Hall–Kier alpha value is -2.86. The Morgan fingerprint density at radius 2 is 1.80 bits per heavy atom. The molecule has 7 heteroatoms. The third-order valence-corrected chi connectivity index (χ3v) is 6.43. The lowest BCUT2D eigenvalue weighted by atomic mass is 9.87. The number of benzene rings is 2. The molecule has 0 radical (unpaired) electrons. The Bertz CT molecular complexity index is 1030. The fourth-order valence-electron chi connectivity index (χ4n) is 4.18. The summed E-state index contributed by atoms with van der Waals surface area (Å²) in [5.41, 5.74) is 2.43. The Balaban J connectivity index is 1.47. The van der Waals surface area contributed by atoms with Crippen LogP contribution in [-0.2, 0) is 11.3 Å². The van der Waals surface area contributed by atoms with E-state index < -0.39 is 11.6 Å². The van der Waals surface area contributed by atoms with E-state index in [1.54, 1.807) is 17.0 Å². The Labute approximate surface area is 180 Å². The van der Waals surface area contributed by atoms with Crippen LogP contribution in [0.25, 0.3) is 0 Å². The molecule has 2 aliphatic rings. The van der Waals surface area contributed by atoms with Gasteiger partial charge in [-0.05, 0) is 49.9 Å². The Morgan fingerprint density at radius 3 is 2.50 bits per heavy atom. The van der Waals surface area contributed by atoms with Gasteiger partial charge in [0.1, 0.15) is 5.54 Å². The number of hydrogen-bond acceptors (Lipinski definition) is 3. The van der Waals surface area contributed by atoms with Crippen LogP contribution in [0, 0.1) is 13.8 Å². The first-order valence-electron chi connectivity index (χ1n) is 10.0. The van der Waals surface area contributed by atoms with Gasteiger partial charge >= 0.3 is 6.03 Å². The van der Waals surface area contributed by atoms with Gasteiger partial charge in [-0.2, -0.15) is 0 Å². The first-order valence-corrected chi connectivity index (χ1v) is 10.4. The van der Waals surface area contributed by atoms with E-state index in [1.807, 2.05) is 44.2 Å². The Kier molecular flexibility index (Phi) is 5.28. The summed E-state index contributed by atoms with van der Waals surface area (Å²) in [6.45, 7) is 4.85. The van der Waals surface area contributed by atoms with Crippen molar-refractivity contribution in [3.8, 4) is 0 Å². The molecule has 156 valence electrons. The van der Waals surface area contributed by atoms with Gasteiger partial charge in [0.2, 0.25) is 0 Å². The minimum absolute atomic E-state index is 0.0317. The molecule has 0 aromatic heterocycles. The Morgan fingerprint density at radius 1 is 1.10 bits per heavy atom. The summed E-state index contributed by atoms with van der Waals surface area (Å²) in [6.07, 6.45) is 0.792. The van der Waals surface area contributed by atoms with Crippen LogP contribution in [0.5, 0.6) is 0 Å². The molecule has 0 unspecified atom stereocenters. The maximum Gasteiger partial charge on any atom is 0.325 e. The van der Waals surface area contributed by atoms with Gasteiger partial charge in [-0.3, -0.25) is 14.5 Å². The van der Waals surface area contributed by atoms with Crippen molar-refractivity contribution in [2.75, 3.05) is 13.1 Å². The lowest BCUT2D eigenvalue weighted by Crippen LogP contribution is -2.55. The zero-order valence-electron chi connectivity index (χ0n) is 17.1. The van der Waals surface area contributed by atoms with Crippen molar-refractivity contribution in [2.45, 2.75) is 38.8 Å². The van der Waals surface area contributed by atoms with E-state index in [1.165, 1.54) is 4.90 Å². The lowest BCUT2D eigenvalue weighted by molar-refractivity contribution is -0.133. The van der Waals surface area contributed by atoms with E-state index in [0.717, 1.165) is 16.7 Å². The molecular weight excluding hydrogens is 402 g/mol. The van der Waals surface area contributed by atoms with Crippen molar-refractivity contribution < 1.29 is 14.4 Å². The van der Waals surface area contributed by atoms with Crippen molar-refractivity contribution in [2.24, 2.45) is 0 Å². The van der Waals surface area contributed by atoms with Gasteiger partial charge in [0, 0.05) is 23.7 Å². The molecule has 2 saturated heterocycles. The van der Waals surface area contributed by atoms with E-state index in [-0.39, 0.29) is 18.4 Å². The molecule has 4 amide bonds. The highest BCUT2D eigenvalue weighted by molar-refractivity contribution is 6.31. The van der Waals surface area contributed by atoms with Crippen LogP contribution in [0.15, 0.2) is 42.5 Å². The van der Waals surface area contributed by atoms with Crippen molar-refractivity contribution >= 4 is 29.4 Å². The number of imide groups is 1. The second kappa shape index (κ2) is 7.76. The summed E-state index contributed by atoms with van der Waals surface area (Å²) < 4.78 is 0. The number of piperidine rings is 1. The standard InChI is InChI=1S/C23H24ClN3O3/c1-15-7-8-16(2)18(13-15)20(28)26-11-9-23(10-12-26)21(29)27(22(30)25-23)14-17-5-3-4-6-19(17)24/h3-8,13H,9-12,14H2,1-2H3,(H,25,30). The monoisotopic (exact) mass is 425 g/mol. The molecule has 2 fully saturated rings. The summed E-state index contributed by atoms with van der Waals surface area (Å²) >= 11 is 6.20. The summed E-state index contributed by atoms with van der Waals surface area (Å²) in [4.78, 5) is 41.7. The van der Waals surface area contributed by atoms with Gasteiger partial charge in [-0.25, -0.2) is 4.79 Å². The number of urea groups is 1. The van der Waals surface area contributed by atoms with Gasteiger partial charge < -0.3 is 10.2 Å². The SMILES string of the molecule is Cc1ccc(C)c(C(=O)N2CCC3(CC2)NC(=O)N(Cc2ccccc2Cl)C3=O)c1. The number of carbonyl (C=O) groups excluding carboxylic acids is 3. The zero-order valence-corrected chi connectivity index (χ0v) is 17.8. The smallest absolute Gasteiger partial charge is 0.325 e. The number of hydrogen-bond donors (Lipinski definition) is 1. The van der Waals surface area contributed by atoms with Crippen LogP contribution in [0.2, 0.25) is 5.02 Å². The fourth-order valence-corrected chi connectivity index (χ4v) is 4.38. The second-order valence-electron chi connectivity index (χ2n) is 8.11. The van der Waals surface area contributed by atoms with Crippen molar-refractivity contribution in [3.05, 3.63) is 69.7 Å². The molecular formula is C23H24ClN3O3. The molecule has 6 nitrogen and oxygen atoms in total. The fraction of sp³-hybridized carbons (Fsp3) is 0.348. The average Bonchev–Trinajstić information content (AvgIpc) is 2.95.